The Labute approximate surface area is 83.2 Å². The molecule has 0 aliphatic rings. The second-order valence-electron chi connectivity index (χ2n) is 4.15. The van der Waals surface area contributed by atoms with Gasteiger partial charge in [-0.25, -0.2) is 0 Å². The van der Waals surface area contributed by atoms with E-state index in [0.717, 1.165) is 13.0 Å². The second kappa shape index (κ2) is 4.85. The Morgan fingerprint density at radius 1 is 1.50 bits per heavy atom. The van der Waals surface area contributed by atoms with Gasteiger partial charge in [0.05, 0.1) is 4.83 Å². The summed E-state index contributed by atoms with van der Waals surface area (Å²) in [6, 6.07) is 0. The van der Waals surface area contributed by atoms with Crippen molar-refractivity contribution in [3.8, 4) is 0 Å². The smallest absolute Gasteiger partial charge is 0.233 e. The average Bonchev–Trinajstić information content (AvgIpc) is 1.97. The van der Waals surface area contributed by atoms with Crippen molar-refractivity contribution in [1.82, 2.24) is 5.32 Å². The first-order valence-electron chi connectivity index (χ1n) is 4.28. The molecule has 0 bridgehead atoms. The Hall–Kier alpha value is -0.0500. The second-order valence-corrected chi connectivity index (χ2v) is 5.26. The van der Waals surface area contributed by atoms with E-state index in [2.05, 4.69) is 42.0 Å². The lowest BCUT2D eigenvalue weighted by molar-refractivity contribution is -0.120. The fraction of sp³-hybridized carbons (Fsp3) is 0.889. The molecule has 2 nitrogen and oxygen atoms in total. The number of hydrogen-bond donors (Lipinski definition) is 1. The van der Waals surface area contributed by atoms with E-state index in [0.29, 0.717) is 0 Å². The number of rotatable bonds is 3. The van der Waals surface area contributed by atoms with Crippen molar-refractivity contribution in [2.24, 2.45) is 5.41 Å². The molecular formula is C9H18BrNO. The summed E-state index contributed by atoms with van der Waals surface area (Å²) < 4.78 is 0. The molecule has 0 heterocycles. The summed E-state index contributed by atoms with van der Waals surface area (Å²) in [5.41, 5.74) is 0.163. The van der Waals surface area contributed by atoms with Gasteiger partial charge in [0, 0.05) is 6.54 Å². The maximum absolute atomic E-state index is 11.3. The Morgan fingerprint density at radius 2 is 2.00 bits per heavy atom. The zero-order valence-corrected chi connectivity index (χ0v) is 9.86. The Morgan fingerprint density at radius 3 is 2.33 bits per heavy atom. The normalized spacial score (nSPS) is 14.1. The van der Waals surface area contributed by atoms with Gasteiger partial charge in [0.1, 0.15) is 0 Å². The largest absolute Gasteiger partial charge is 0.355 e. The van der Waals surface area contributed by atoms with E-state index >= 15 is 0 Å². The lowest BCUT2D eigenvalue weighted by Crippen LogP contribution is -2.36. The fourth-order valence-corrected chi connectivity index (χ4v) is 0.810. The van der Waals surface area contributed by atoms with Gasteiger partial charge < -0.3 is 5.32 Å². The predicted octanol–water partition coefficient (Wildman–Crippen LogP) is 2.32. The van der Waals surface area contributed by atoms with E-state index in [9.17, 15) is 4.79 Å². The number of halogens is 1. The number of nitrogens with one attached hydrogen (secondary N) is 1. The van der Waals surface area contributed by atoms with Gasteiger partial charge in [-0.1, -0.05) is 43.6 Å². The van der Waals surface area contributed by atoms with Crippen LogP contribution in [0.3, 0.4) is 0 Å². The van der Waals surface area contributed by atoms with Crippen LogP contribution in [0.2, 0.25) is 0 Å². The highest BCUT2D eigenvalue weighted by Crippen LogP contribution is 2.11. The summed E-state index contributed by atoms with van der Waals surface area (Å²) in [5, 5.41) is 2.89. The fourth-order valence-electron chi connectivity index (χ4n) is 0.648. The highest BCUT2D eigenvalue weighted by atomic mass is 79.9. The van der Waals surface area contributed by atoms with Crippen LogP contribution in [0.4, 0.5) is 0 Å². The van der Waals surface area contributed by atoms with Gasteiger partial charge >= 0.3 is 0 Å². The molecule has 3 heteroatoms. The minimum atomic E-state index is -0.0418. The van der Waals surface area contributed by atoms with Crippen LogP contribution >= 0.6 is 15.9 Å². The molecule has 0 fully saturated rings. The molecule has 1 amide bonds. The third-order valence-electron chi connectivity index (χ3n) is 1.44. The SMILES string of the molecule is CCC(Br)C(=O)NCC(C)(C)C. The third kappa shape index (κ3) is 5.58. The molecule has 0 radical (unpaired) electrons. The third-order valence-corrected chi connectivity index (χ3v) is 2.50. The molecular weight excluding hydrogens is 218 g/mol. The summed E-state index contributed by atoms with van der Waals surface area (Å²) in [4.78, 5) is 11.2. The van der Waals surface area contributed by atoms with Crippen LogP contribution in [0.25, 0.3) is 0 Å². The predicted molar refractivity (Wildman–Crippen MR) is 55.5 cm³/mol. The van der Waals surface area contributed by atoms with Crippen LogP contribution in [0.1, 0.15) is 34.1 Å². The van der Waals surface area contributed by atoms with E-state index in [4.69, 9.17) is 0 Å². The van der Waals surface area contributed by atoms with E-state index in [1.54, 1.807) is 0 Å². The summed E-state index contributed by atoms with van der Waals surface area (Å²) in [5.74, 6) is 0.0902. The summed E-state index contributed by atoms with van der Waals surface area (Å²) in [6.45, 7) is 9.01. The molecule has 0 saturated carbocycles. The Kier molecular flexibility index (Phi) is 4.83. The zero-order chi connectivity index (χ0) is 9.78. The number of amides is 1. The molecule has 0 aliphatic heterocycles. The van der Waals surface area contributed by atoms with Crippen molar-refractivity contribution >= 4 is 21.8 Å². The first-order chi connectivity index (χ1) is 5.37. The molecule has 0 saturated heterocycles. The van der Waals surface area contributed by atoms with E-state index in [1.807, 2.05) is 6.92 Å². The van der Waals surface area contributed by atoms with E-state index in [1.165, 1.54) is 0 Å². The van der Waals surface area contributed by atoms with Gasteiger partial charge in [-0.2, -0.15) is 0 Å². The van der Waals surface area contributed by atoms with Crippen LogP contribution < -0.4 is 5.32 Å². The van der Waals surface area contributed by atoms with Crippen LogP contribution in [0.5, 0.6) is 0 Å². The first-order valence-corrected chi connectivity index (χ1v) is 5.20. The standard InChI is InChI=1S/C9H18BrNO/c1-5-7(10)8(12)11-6-9(2,3)4/h7H,5-6H2,1-4H3,(H,11,12). The van der Waals surface area contributed by atoms with Crippen molar-refractivity contribution in [2.75, 3.05) is 6.54 Å². The molecule has 0 rings (SSSR count). The van der Waals surface area contributed by atoms with Crippen LogP contribution in [0, 0.1) is 5.41 Å². The number of carbonyl (C=O) groups is 1. The molecule has 0 aromatic heterocycles. The molecule has 1 unspecified atom stereocenters. The van der Waals surface area contributed by atoms with Crippen molar-refractivity contribution in [2.45, 2.75) is 38.9 Å². The first kappa shape index (κ1) is 11.9. The van der Waals surface area contributed by atoms with Gasteiger partial charge in [-0.3, -0.25) is 4.79 Å². The molecule has 72 valence electrons. The van der Waals surface area contributed by atoms with Crippen LogP contribution in [-0.4, -0.2) is 17.3 Å². The van der Waals surface area contributed by atoms with Gasteiger partial charge in [0.15, 0.2) is 0 Å². The Bertz CT molecular complexity index is 151. The molecule has 1 N–H and O–H groups in total. The average molecular weight is 236 g/mol. The molecule has 0 aromatic carbocycles. The molecule has 0 spiro atoms. The molecule has 0 aliphatic carbocycles. The summed E-state index contributed by atoms with van der Waals surface area (Å²) in [6.07, 6.45) is 0.829. The topological polar surface area (TPSA) is 29.1 Å². The van der Waals surface area contributed by atoms with Gasteiger partial charge in [0.25, 0.3) is 0 Å². The lowest BCUT2D eigenvalue weighted by atomic mass is 9.97. The van der Waals surface area contributed by atoms with Crippen LogP contribution in [0.15, 0.2) is 0 Å². The number of hydrogen-bond acceptors (Lipinski definition) is 1. The number of alkyl halides is 1. The maximum Gasteiger partial charge on any atom is 0.233 e. The monoisotopic (exact) mass is 235 g/mol. The maximum atomic E-state index is 11.3. The molecule has 0 aromatic rings. The highest BCUT2D eigenvalue weighted by Gasteiger charge is 2.15. The summed E-state index contributed by atoms with van der Waals surface area (Å²) in [7, 11) is 0. The van der Waals surface area contributed by atoms with E-state index < -0.39 is 0 Å². The van der Waals surface area contributed by atoms with Gasteiger partial charge in [-0.15, -0.1) is 0 Å². The van der Waals surface area contributed by atoms with Gasteiger partial charge in [0.2, 0.25) is 5.91 Å². The minimum Gasteiger partial charge on any atom is -0.355 e. The lowest BCUT2D eigenvalue weighted by Gasteiger charge is -2.19. The highest BCUT2D eigenvalue weighted by molar-refractivity contribution is 9.10. The minimum absolute atomic E-state index is 0.0418. The molecule has 1 atom stereocenters. The van der Waals surface area contributed by atoms with Crippen molar-refractivity contribution in [3.63, 3.8) is 0 Å². The Balaban J connectivity index is 3.72. The van der Waals surface area contributed by atoms with Crippen LogP contribution in [-0.2, 0) is 4.79 Å². The molecule has 12 heavy (non-hydrogen) atoms. The summed E-state index contributed by atoms with van der Waals surface area (Å²) >= 11 is 3.30. The van der Waals surface area contributed by atoms with Gasteiger partial charge in [-0.05, 0) is 11.8 Å². The van der Waals surface area contributed by atoms with Crippen molar-refractivity contribution in [1.29, 1.82) is 0 Å². The zero-order valence-electron chi connectivity index (χ0n) is 8.28. The number of carbonyl (C=O) groups excluding carboxylic acids is 1. The van der Waals surface area contributed by atoms with E-state index in [-0.39, 0.29) is 16.1 Å². The van der Waals surface area contributed by atoms with Crippen molar-refractivity contribution < 1.29 is 4.79 Å². The van der Waals surface area contributed by atoms with Crippen molar-refractivity contribution in [3.05, 3.63) is 0 Å². The quantitative estimate of drug-likeness (QED) is 0.748.